The Bertz CT molecular complexity index is 1180. The van der Waals surface area contributed by atoms with Gasteiger partial charge in [0.15, 0.2) is 0 Å². The second-order valence-corrected chi connectivity index (χ2v) is 7.70. The van der Waals surface area contributed by atoms with Gasteiger partial charge >= 0.3 is 12.9 Å². The molecular weight excluding hydrogens is 473 g/mol. The van der Waals surface area contributed by atoms with Crippen LogP contribution in [-0.4, -0.2) is 38.5 Å². The average Bonchev–Trinajstić information content (AvgIpc) is 3.16. The van der Waals surface area contributed by atoms with Crippen LogP contribution in [-0.2, 0) is 6.54 Å². The van der Waals surface area contributed by atoms with Gasteiger partial charge in [-0.15, -0.1) is 0 Å². The molecule has 1 aliphatic rings. The molecule has 34 heavy (non-hydrogen) atoms. The van der Waals surface area contributed by atoms with Crippen LogP contribution in [0.25, 0.3) is 22.3 Å². The van der Waals surface area contributed by atoms with E-state index < -0.39 is 30.8 Å². The maximum absolute atomic E-state index is 15.3. The molecule has 3 aromatic rings. The third-order valence-electron chi connectivity index (χ3n) is 5.17. The molecule has 13 heteroatoms. The fourth-order valence-corrected chi connectivity index (χ4v) is 3.85. The molecule has 0 aromatic carbocycles. The first-order valence-electron chi connectivity index (χ1n) is 10.4. The summed E-state index contributed by atoms with van der Waals surface area (Å²) in [6.45, 7) is -3.61. The zero-order valence-corrected chi connectivity index (χ0v) is 17.9. The Hall–Kier alpha value is -3.12. The normalized spacial score (nSPS) is 14.9. The minimum Gasteiger partial charge on any atom is -0.472 e. The number of H-pyrrole nitrogens is 1. The number of fused-ring (bicyclic) bond motifs is 1. The molecule has 186 valence electrons. The number of alkyl halides is 6. The van der Waals surface area contributed by atoms with Crippen LogP contribution < -0.4 is 10.3 Å². The molecule has 6 nitrogen and oxygen atoms in total. The summed E-state index contributed by atoms with van der Waals surface area (Å²) in [6.07, 6.45) is 1.19. The van der Waals surface area contributed by atoms with Gasteiger partial charge in [-0.2, -0.15) is 35.7 Å². The number of aromatic amines is 1. The van der Waals surface area contributed by atoms with Crippen LogP contribution in [0.3, 0.4) is 0 Å². The quantitative estimate of drug-likeness (QED) is 0.474. The monoisotopic (exact) mass is 494 g/mol. The highest BCUT2D eigenvalue weighted by Crippen LogP contribution is 2.33. The highest BCUT2D eigenvalue weighted by Gasteiger charge is 2.31. The van der Waals surface area contributed by atoms with Crippen molar-refractivity contribution in [1.29, 1.82) is 0 Å². The Morgan fingerprint density at radius 3 is 2.41 bits per heavy atom. The lowest BCUT2D eigenvalue weighted by molar-refractivity contribution is -0.140. The van der Waals surface area contributed by atoms with Crippen LogP contribution in [0, 0.1) is 12.7 Å². The molecule has 0 amide bonds. The number of rotatable bonds is 4. The summed E-state index contributed by atoms with van der Waals surface area (Å²) in [6, 6.07) is 2.40. The SMILES string of the molecule is Cc1nc(OC2CCCCC2)c(F)c(-c2c[nH]c3ccc(=O)n(CC(F)(F)F)c23)n1.FC(F)F. The molecule has 0 atom stereocenters. The molecule has 0 radical (unpaired) electrons. The van der Waals surface area contributed by atoms with Crippen molar-refractivity contribution in [2.24, 2.45) is 0 Å². The molecule has 0 spiro atoms. The van der Waals surface area contributed by atoms with Gasteiger partial charge in [0.25, 0.3) is 11.4 Å². The van der Waals surface area contributed by atoms with Crippen molar-refractivity contribution in [2.75, 3.05) is 0 Å². The highest BCUT2D eigenvalue weighted by molar-refractivity contribution is 5.92. The molecular formula is C21H21F7N4O2. The maximum atomic E-state index is 15.3. The van der Waals surface area contributed by atoms with E-state index in [1.807, 2.05) is 0 Å². The van der Waals surface area contributed by atoms with Gasteiger partial charge in [0.2, 0.25) is 5.82 Å². The van der Waals surface area contributed by atoms with Crippen LogP contribution in [0.1, 0.15) is 37.9 Å². The molecule has 1 aliphatic carbocycles. The number of halogens is 7. The Labute approximate surface area is 188 Å². The van der Waals surface area contributed by atoms with Gasteiger partial charge in [-0.05, 0) is 38.7 Å². The third-order valence-corrected chi connectivity index (χ3v) is 5.17. The van der Waals surface area contributed by atoms with Gasteiger partial charge in [0.1, 0.15) is 24.2 Å². The number of aryl methyl sites for hydroxylation is 1. The van der Waals surface area contributed by atoms with Gasteiger partial charge in [0.05, 0.1) is 11.0 Å². The molecule has 3 heterocycles. The number of hydrogen-bond donors (Lipinski definition) is 1. The number of aromatic nitrogens is 4. The molecule has 4 rings (SSSR count). The predicted molar refractivity (Wildman–Crippen MR) is 109 cm³/mol. The number of pyridine rings is 1. The summed E-state index contributed by atoms with van der Waals surface area (Å²) in [5.41, 5.74) is -0.810. The number of nitrogens with one attached hydrogen (secondary N) is 1. The van der Waals surface area contributed by atoms with Crippen molar-refractivity contribution in [3.63, 3.8) is 0 Å². The molecule has 1 N–H and O–H groups in total. The summed E-state index contributed by atoms with van der Waals surface area (Å²) in [7, 11) is 0. The Morgan fingerprint density at radius 1 is 1.15 bits per heavy atom. The van der Waals surface area contributed by atoms with E-state index in [9.17, 15) is 31.1 Å². The summed E-state index contributed by atoms with van der Waals surface area (Å²) in [5.74, 6) is -0.867. The zero-order valence-electron chi connectivity index (χ0n) is 17.9. The van der Waals surface area contributed by atoms with Crippen LogP contribution in [0.15, 0.2) is 23.1 Å². The fraction of sp³-hybridized carbons (Fsp3) is 0.476. The van der Waals surface area contributed by atoms with Crippen LogP contribution in [0.4, 0.5) is 30.7 Å². The molecule has 1 fully saturated rings. The summed E-state index contributed by atoms with van der Waals surface area (Å²) >= 11 is 0. The lowest BCUT2D eigenvalue weighted by Crippen LogP contribution is -2.27. The van der Waals surface area contributed by atoms with E-state index in [0.717, 1.165) is 38.2 Å². The van der Waals surface area contributed by atoms with E-state index in [1.165, 1.54) is 12.3 Å². The molecule has 3 aromatic heterocycles. The topological polar surface area (TPSA) is 72.8 Å². The van der Waals surface area contributed by atoms with Crippen molar-refractivity contribution >= 4 is 11.0 Å². The molecule has 1 saturated carbocycles. The third kappa shape index (κ3) is 6.26. The van der Waals surface area contributed by atoms with Crippen LogP contribution >= 0.6 is 0 Å². The minimum atomic E-state index is -4.62. The summed E-state index contributed by atoms with van der Waals surface area (Å²) in [4.78, 5) is 23.1. The zero-order chi connectivity index (χ0) is 25.0. The molecule has 0 unspecified atom stereocenters. The van der Waals surface area contributed by atoms with Gasteiger partial charge < -0.3 is 9.72 Å². The Morgan fingerprint density at radius 2 is 1.79 bits per heavy atom. The second kappa shape index (κ2) is 10.4. The summed E-state index contributed by atoms with van der Waals surface area (Å²) < 4.78 is 89.8. The standard InChI is InChI=1S/C20H20F4N4O2.CHF3/c1-11-26-17(16(21)19(27-11)30-12-5-3-2-4-6-12)13-9-25-14-7-8-15(29)28(18(13)14)10-20(22,23)24;2-1(3)4/h7-9,12,25H,2-6,10H2,1H3;1H. The number of nitrogens with zero attached hydrogens (tertiary/aromatic N) is 3. The first kappa shape index (κ1) is 25.5. The van der Waals surface area contributed by atoms with E-state index in [4.69, 9.17) is 4.74 Å². The first-order valence-corrected chi connectivity index (χ1v) is 10.4. The van der Waals surface area contributed by atoms with Crippen molar-refractivity contribution in [3.8, 4) is 17.1 Å². The van der Waals surface area contributed by atoms with E-state index >= 15 is 4.39 Å². The van der Waals surface area contributed by atoms with E-state index in [-0.39, 0.29) is 40.1 Å². The second-order valence-electron chi connectivity index (χ2n) is 7.70. The molecule has 0 bridgehead atoms. The van der Waals surface area contributed by atoms with Gasteiger partial charge in [-0.3, -0.25) is 9.36 Å². The number of ether oxygens (including phenoxy) is 1. The fourth-order valence-electron chi connectivity index (χ4n) is 3.85. The minimum absolute atomic E-state index is 0.0449. The van der Waals surface area contributed by atoms with Crippen LogP contribution in [0.5, 0.6) is 5.88 Å². The van der Waals surface area contributed by atoms with Gasteiger partial charge in [-0.1, -0.05) is 6.42 Å². The van der Waals surface area contributed by atoms with Crippen molar-refractivity contribution < 1.29 is 35.5 Å². The van der Waals surface area contributed by atoms with E-state index in [2.05, 4.69) is 15.0 Å². The van der Waals surface area contributed by atoms with E-state index in [1.54, 1.807) is 6.92 Å². The van der Waals surface area contributed by atoms with Crippen molar-refractivity contribution in [3.05, 3.63) is 40.3 Å². The Balaban J connectivity index is 0.000000751. The predicted octanol–water partition coefficient (Wildman–Crippen LogP) is 5.69. The van der Waals surface area contributed by atoms with Crippen molar-refractivity contribution in [2.45, 2.75) is 64.5 Å². The highest BCUT2D eigenvalue weighted by atomic mass is 19.4. The molecule has 0 aliphatic heterocycles. The number of hydrogen-bond acceptors (Lipinski definition) is 4. The maximum Gasteiger partial charge on any atom is 0.406 e. The Kier molecular flexibility index (Phi) is 7.82. The van der Waals surface area contributed by atoms with Gasteiger partial charge in [0, 0.05) is 17.8 Å². The smallest absolute Gasteiger partial charge is 0.406 e. The van der Waals surface area contributed by atoms with Crippen molar-refractivity contribution in [1.82, 2.24) is 19.5 Å². The first-order chi connectivity index (χ1) is 16.0. The van der Waals surface area contributed by atoms with E-state index in [0.29, 0.717) is 4.57 Å². The van der Waals surface area contributed by atoms with Crippen LogP contribution in [0.2, 0.25) is 0 Å². The lowest BCUT2D eigenvalue weighted by atomic mass is 9.98. The average molecular weight is 494 g/mol. The van der Waals surface area contributed by atoms with Gasteiger partial charge in [-0.25, -0.2) is 4.98 Å². The molecule has 0 saturated heterocycles. The summed E-state index contributed by atoms with van der Waals surface area (Å²) in [5, 5.41) is 0. The lowest BCUT2D eigenvalue weighted by Gasteiger charge is -2.23. The largest absolute Gasteiger partial charge is 0.472 e.